The summed E-state index contributed by atoms with van der Waals surface area (Å²) in [6.45, 7) is 3.28. The molecule has 0 aliphatic carbocycles. The van der Waals surface area contributed by atoms with Crippen molar-refractivity contribution >= 4 is 22.6 Å². The summed E-state index contributed by atoms with van der Waals surface area (Å²) < 4.78 is 4.84. The first kappa shape index (κ1) is 15.7. The van der Waals surface area contributed by atoms with Crippen molar-refractivity contribution in [1.29, 1.82) is 0 Å². The number of rotatable bonds is 3. The fraction of sp³-hybridized carbons (Fsp3) is 0.300. The highest BCUT2D eigenvalue weighted by Crippen LogP contribution is 2.36. The second-order valence-corrected chi connectivity index (χ2v) is 6.54. The summed E-state index contributed by atoms with van der Waals surface area (Å²) in [6.07, 6.45) is 6.26. The van der Waals surface area contributed by atoms with Crippen LogP contribution in [-0.2, 0) is 4.74 Å². The number of fused-ring (bicyclic) bond motifs is 1. The number of carbonyl (C=O) groups is 1. The van der Waals surface area contributed by atoms with E-state index in [1.807, 2.05) is 30.6 Å². The molecule has 0 saturated carbocycles. The first-order valence-corrected chi connectivity index (χ1v) is 8.60. The predicted molar refractivity (Wildman–Crippen MR) is 98.9 cm³/mol. The number of esters is 1. The number of benzene rings is 1. The molecule has 0 amide bonds. The van der Waals surface area contributed by atoms with Crippen molar-refractivity contribution in [3.05, 3.63) is 48.3 Å². The van der Waals surface area contributed by atoms with Gasteiger partial charge in [0.05, 0.1) is 29.6 Å². The SMILES string of the molecule is COC(=O)c1ccc2nc(-c3cc[nH]c3)c(N3CCC[C@@H]3C)cc2c1. The van der Waals surface area contributed by atoms with Gasteiger partial charge in [0.25, 0.3) is 0 Å². The third-order valence-electron chi connectivity index (χ3n) is 4.95. The van der Waals surface area contributed by atoms with E-state index in [1.165, 1.54) is 20.0 Å². The van der Waals surface area contributed by atoms with Crippen molar-refractivity contribution in [2.75, 3.05) is 18.6 Å². The largest absolute Gasteiger partial charge is 0.465 e. The average molecular weight is 335 g/mol. The van der Waals surface area contributed by atoms with E-state index in [2.05, 4.69) is 22.9 Å². The lowest BCUT2D eigenvalue weighted by molar-refractivity contribution is 0.0601. The van der Waals surface area contributed by atoms with Crippen LogP contribution in [0.25, 0.3) is 22.2 Å². The Balaban J connectivity index is 1.91. The summed E-state index contributed by atoms with van der Waals surface area (Å²) >= 11 is 0. The molecule has 3 aromatic rings. The third-order valence-corrected chi connectivity index (χ3v) is 4.95. The van der Waals surface area contributed by atoms with E-state index >= 15 is 0 Å². The van der Waals surface area contributed by atoms with Gasteiger partial charge in [0.15, 0.2) is 0 Å². The highest BCUT2D eigenvalue weighted by atomic mass is 16.5. The maximum absolute atomic E-state index is 11.8. The Morgan fingerprint density at radius 1 is 1.32 bits per heavy atom. The van der Waals surface area contributed by atoms with Gasteiger partial charge in [-0.2, -0.15) is 0 Å². The standard InChI is InChI=1S/C20H21N3O2/c1-13-4-3-9-23(13)18-11-16-10-14(20(24)25-2)5-6-17(16)22-19(18)15-7-8-21-12-15/h5-8,10-13,21H,3-4,9H2,1-2H3/t13-/m0/s1. The van der Waals surface area contributed by atoms with Crippen LogP contribution in [0.3, 0.4) is 0 Å². The van der Waals surface area contributed by atoms with Crippen LogP contribution >= 0.6 is 0 Å². The first-order valence-electron chi connectivity index (χ1n) is 8.60. The van der Waals surface area contributed by atoms with Gasteiger partial charge in [0, 0.05) is 35.9 Å². The predicted octanol–water partition coefficient (Wildman–Crippen LogP) is 4.01. The minimum absolute atomic E-state index is 0.326. The van der Waals surface area contributed by atoms with Gasteiger partial charge in [-0.25, -0.2) is 9.78 Å². The van der Waals surface area contributed by atoms with Crippen molar-refractivity contribution in [1.82, 2.24) is 9.97 Å². The zero-order valence-corrected chi connectivity index (χ0v) is 14.5. The molecular formula is C20H21N3O2. The molecule has 128 valence electrons. The molecule has 0 unspecified atom stereocenters. The van der Waals surface area contributed by atoms with Gasteiger partial charge >= 0.3 is 5.97 Å². The maximum Gasteiger partial charge on any atom is 0.337 e. The molecule has 3 heterocycles. The number of nitrogens with zero attached hydrogens (tertiary/aromatic N) is 2. The zero-order valence-electron chi connectivity index (χ0n) is 14.5. The lowest BCUT2D eigenvalue weighted by atomic mass is 10.1. The van der Waals surface area contributed by atoms with E-state index in [0.717, 1.165) is 34.4 Å². The molecule has 1 aliphatic heterocycles. The van der Waals surface area contributed by atoms with Crippen LogP contribution in [0, 0.1) is 0 Å². The molecule has 4 rings (SSSR count). The highest BCUT2D eigenvalue weighted by molar-refractivity contribution is 5.96. The quantitative estimate of drug-likeness (QED) is 0.735. The summed E-state index contributed by atoms with van der Waals surface area (Å²) in [6, 6.07) is 10.2. The number of hydrogen-bond acceptors (Lipinski definition) is 4. The molecule has 1 atom stereocenters. The smallest absolute Gasteiger partial charge is 0.337 e. The Kier molecular flexibility index (Phi) is 3.92. The van der Waals surface area contributed by atoms with Gasteiger partial charge in [0.1, 0.15) is 0 Å². The molecular weight excluding hydrogens is 314 g/mol. The Hall–Kier alpha value is -2.82. The Labute approximate surface area is 146 Å². The highest BCUT2D eigenvalue weighted by Gasteiger charge is 2.24. The van der Waals surface area contributed by atoms with E-state index in [4.69, 9.17) is 9.72 Å². The van der Waals surface area contributed by atoms with E-state index in [1.54, 1.807) is 6.07 Å². The van der Waals surface area contributed by atoms with Gasteiger partial charge in [-0.1, -0.05) is 0 Å². The minimum Gasteiger partial charge on any atom is -0.465 e. The molecule has 0 radical (unpaired) electrons. The number of aromatic amines is 1. The number of H-pyrrole nitrogens is 1. The molecule has 2 aromatic heterocycles. The van der Waals surface area contributed by atoms with Crippen LogP contribution in [0.4, 0.5) is 5.69 Å². The number of hydrogen-bond donors (Lipinski definition) is 1. The molecule has 5 heteroatoms. The van der Waals surface area contributed by atoms with Crippen LogP contribution in [0.15, 0.2) is 42.7 Å². The van der Waals surface area contributed by atoms with Crippen LogP contribution in [0.1, 0.15) is 30.1 Å². The van der Waals surface area contributed by atoms with Crippen molar-refractivity contribution in [3.8, 4) is 11.3 Å². The van der Waals surface area contributed by atoms with Crippen LogP contribution in [0.5, 0.6) is 0 Å². The Bertz CT molecular complexity index is 918. The molecule has 5 nitrogen and oxygen atoms in total. The fourth-order valence-corrected chi connectivity index (χ4v) is 3.60. The van der Waals surface area contributed by atoms with Crippen molar-refractivity contribution in [3.63, 3.8) is 0 Å². The lowest BCUT2D eigenvalue weighted by Crippen LogP contribution is -2.27. The summed E-state index contributed by atoms with van der Waals surface area (Å²) in [5, 5.41) is 0.955. The molecule has 1 aliphatic rings. The molecule has 0 spiro atoms. The van der Waals surface area contributed by atoms with Gasteiger partial charge in [-0.3, -0.25) is 0 Å². The summed E-state index contributed by atoms with van der Waals surface area (Å²) in [4.78, 5) is 22.3. The Morgan fingerprint density at radius 3 is 2.88 bits per heavy atom. The summed E-state index contributed by atoms with van der Waals surface area (Å²) in [5.74, 6) is -0.326. The second kappa shape index (κ2) is 6.24. The van der Waals surface area contributed by atoms with Crippen molar-refractivity contribution < 1.29 is 9.53 Å². The normalized spacial score (nSPS) is 17.2. The Morgan fingerprint density at radius 2 is 2.20 bits per heavy atom. The molecule has 1 aromatic carbocycles. The fourth-order valence-electron chi connectivity index (χ4n) is 3.60. The van der Waals surface area contributed by atoms with Gasteiger partial charge in [-0.15, -0.1) is 0 Å². The molecule has 1 fully saturated rings. The number of nitrogens with one attached hydrogen (secondary N) is 1. The summed E-state index contributed by atoms with van der Waals surface area (Å²) in [5.41, 5.74) is 4.60. The van der Waals surface area contributed by atoms with Crippen LogP contribution in [0.2, 0.25) is 0 Å². The van der Waals surface area contributed by atoms with Crippen LogP contribution < -0.4 is 4.90 Å². The molecule has 0 bridgehead atoms. The van der Waals surface area contributed by atoms with Gasteiger partial charge in [0.2, 0.25) is 0 Å². The van der Waals surface area contributed by atoms with E-state index < -0.39 is 0 Å². The number of ether oxygens (including phenoxy) is 1. The number of aromatic nitrogens is 2. The lowest BCUT2D eigenvalue weighted by Gasteiger charge is -2.26. The zero-order chi connectivity index (χ0) is 17.4. The van der Waals surface area contributed by atoms with Crippen molar-refractivity contribution in [2.45, 2.75) is 25.8 Å². The number of pyridine rings is 1. The molecule has 25 heavy (non-hydrogen) atoms. The van der Waals surface area contributed by atoms with E-state index in [9.17, 15) is 4.79 Å². The van der Waals surface area contributed by atoms with E-state index in [0.29, 0.717) is 11.6 Å². The van der Waals surface area contributed by atoms with Gasteiger partial charge < -0.3 is 14.6 Å². The first-order chi connectivity index (χ1) is 12.2. The molecule has 1 N–H and O–H groups in total. The van der Waals surface area contributed by atoms with Crippen molar-refractivity contribution in [2.24, 2.45) is 0 Å². The van der Waals surface area contributed by atoms with Crippen LogP contribution in [-0.4, -0.2) is 35.6 Å². The number of anilines is 1. The minimum atomic E-state index is -0.326. The maximum atomic E-state index is 11.8. The third kappa shape index (κ3) is 2.76. The number of carbonyl (C=O) groups excluding carboxylic acids is 1. The average Bonchev–Trinajstić information content (AvgIpc) is 3.31. The van der Waals surface area contributed by atoms with Gasteiger partial charge in [-0.05, 0) is 50.1 Å². The molecule has 1 saturated heterocycles. The van der Waals surface area contributed by atoms with E-state index in [-0.39, 0.29) is 5.97 Å². The summed E-state index contributed by atoms with van der Waals surface area (Å²) in [7, 11) is 1.40. The topological polar surface area (TPSA) is 58.2 Å². The monoisotopic (exact) mass is 335 g/mol. The second-order valence-electron chi connectivity index (χ2n) is 6.54. The number of methoxy groups -OCH3 is 1.